The smallest absolute Gasteiger partial charge is 0.234 e. The molecule has 5 heterocycles. The van der Waals surface area contributed by atoms with E-state index >= 15 is 0 Å². The lowest BCUT2D eigenvalue weighted by atomic mass is 9.98. The molecule has 0 radical (unpaired) electrons. The number of nitrogens with zero attached hydrogens (tertiary/aromatic N) is 9. The Hall–Kier alpha value is -8.41. The number of nitrogens with one attached hydrogen (secondary N) is 2. The van der Waals surface area contributed by atoms with Crippen LogP contribution in [0.5, 0.6) is 0 Å². The van der Waals surface area contributed by atoms with Crippen LogP contribution in [0.25, 0.3) is 55.4 Å². The van der Waals surface area contributed by atoms with Gasteiger partial charge in [-0.2, -0.15) is 10.5 Å². The maximum Gasteiger partial charge on any atom is 0.234 e. The summed E-state index contributed by atoms with van der Waals surface area (Å²) in [7, 11) is 0. The van der Waals surface area contributed by atoms with Crippen molar-refractivity contribution < 1.29 is 0 Å². The van der Waals surface area contributed by atoms with E-state index in [0.717, 1.165) is 85.2 Å². The van der Waals surface area contributed by atoms with E-state index in [1.807, 2.05) is 115 Å². The molecule has 4 aromatic carbocycles. The van der Waals surface area contributed by atoms with Gasteiger partial charge in [0.15, 0.2) is 5.82 Å². The minimum Gasteiger partial charge on any atom is -0.364 e. The van der Waals surface area contributed by atoms with Crippen molar-refractivity contribution in [3.05, 3.63) is 187 Å². The second-order valence-corrected chi connectivity index (χ2v) is 14.5. The average molecular weight is 792 g/mol. The molecule has 292 valence electrons. The summed E-state index contributed by atoms with van der Waals surface area (Å²) in [5.74, 6) is 2.10. The topological polar surface area (TPSA) is 162 Å². The lowest BCUT2D eigenvalue weighted by Crippen LogP contribution is -2.07. The van der Waals surface area contributed by atoms with Gasteiger partial charge in [-0.1, -0.05) is 97.1 Å². The van der Waals surface area contributed by atoms with Crippen LogP contribution in [0.4, 0.5) is 11.6 Å². The van der Waals surface area contributed by atoms with Gasteiger partial charge in [-0.05, 0) is 83.1 Å². The normalized spacial score (nSPS) is 12.4. The number of hydrogen-bond donors (Lipinski definition) is 2. The molecule has 0 bridgehead atoms. The van der Waals surface area contributed by atoms with Gasteiger partial charge in [0.25, 0.3) is 0 Å². The number of fused-ring (bicyclic) bond motifs is 2. The quantitative estimate of drug-likeness (QED) is 0.136. The first-order valence-corrected chi connectivity index (χ1v) is 19.9. The van der Waals surface area contributed by atoms with Crippen molar-refractivity contribution in [2.24, 2.45) is 0 Å². The lowest BCUT2D eigenvalue weighted by molar-refractivity contribution is 0.897. The van der Waals surface area contributed by atoms with Gasteiger partial charge in [0, 0.05) is 30.4 Å². The van der Waals surface area contributed by atoms with Gasteiger partial charge in [0.2, 0.25) is 5.82 Å². The molecule has 1 aliphatic rings. The zero-order valence-electron chi connectivity index (χ0n) is 32.9. The van der Waals surface area contributed by atoms with E-state index in [0.29, 0.717) is 24.7 Å². The van der Waals surface area contributed by atoms with Crippen LogP contribution in [-0.4, -0.2) is 34.9 Å². The van der Waals surface area contributed by atoms with Crippen molar-refractivity contribution in [3.63, 3.8) is 0 Å². The highest BCUT2D eigenvalue weighted by Crippen LogP contribution is 2.48. The number of hydrogen-bond acceptors (Lipinski definition) is 11. The van der Waals surface area contributed by atoms with Gasteiger partial charge >= 0.3 is 0 Å². The van der Waals surface area contributed by atoms with Gasteiger partial charge in [-0.15, -0.1) is 0 Å². The van der Waals surface area contributed by atoms with E-state index in [1.165, 1.54) is 0 Å². The van der Waals surface area contributed by atoms with Gasteiger partial charge in [-0.25, -0.2) is 19.9 Å². The highest BCUT2D eigenvalue weighted by molar-refractivity contribution is 6.03. The number of anilines is 2. The summed E-state index contributed by atoms with van der Waals surface area (Å²) in [6.07, 6.45) is 8.83. The number of nitriles is 2. The third kappa shape index (κ3) is 8.31. The zero-order valence-corrected chi connectivity index (χ0v) is 32.9. The molecule has 1 aliphatic carbocycles. The van der Waals surface area contributed by atoms with Crippen LogP contribution in [0.1, 0.15) is 35.6 Å². The molecule has 1 fully saturated rings. The molecule has 0 atom stereocenters. The van der Waals surface area contributed by atoms with Crippen molar-refractivity contribution in [3.8, 4) is 45.8 Å². The molecular formula is C50H37N11. The monoisotopic (exact) mass is 791 g/mol. The summed E-state index contributed by atoms with van der Waals surface area (Å²) in [6.45, 7) is 1.05. The van der Waals surface area contributed by atoms with Crippen LogP contribution in [0.2, 0.25) is 0 Å². The average Bonchev–Trinajstić information content (AvgIpc) is 4.15. The fraction of sp³-hybridized carbons (Fsp3) is 0.100. The first kappa shape index (κ1) is 38.1. The molecule has 11 heteroatoms. The van der Waals surface area contributed by atoms with Crippen LogP contribution < -0.4 is 10.6 Å². The Morgan fingerprint density at radius 2 is 1.10 bits per heavy atom. The first-order valence-electron chi connectivity index (χ1n) is 19.9. The molecule has 0 spiro atoms. The van der Waals surface area contributed by atoms with Gasteiger partial charge in [-0.3, -0.25) is 15.0 Å². The molecule has 10 rings (SSSR count). The number of pyridine rings is 3. The largest absolute Gasteiger partial charge is 0.364 e. The molecule has 1 saturated carbocycles. The van der Waals surface area contributed by atoms with Crippen molar-refractivity contribution in [2.45, 2.75) is 31.3 Å². The van der Waals surface area contributed by atoms with Crippen LogP contribution >= 0.6 is 0 Å². The molecule has 0 aliphatic heterocycles. The lowest BCUT2D eigenvalue weighted by Gasteiger charge is -2.15. The summed E-state index contributed by atoms with van der Waals surface area (Å²) in [6, 6.07) is 50.5. The van der Waals surface area contributed by atoms with Crippen molar-refractivity contribution in [2.75, 3.05) is 10.6 Å². The SMILES string of the molecule is N#CC1(c2cncc(-c3nc(NCc4ccccn4)c4c(-c5ccccc5)cccc4n3)c2)CC1.N#Cc1nc(NCc2ccccn2)c2c(-c3ccccc3)cccc2n1. The summed E-state index contributed by atoms with van der Waals surface area (Å²) >= 11 is 0. The minimum atomic E-state index is -0.416. The summed E-state index contributed by atoms with van der Waals surface area (Å²) in [4.78, 5) is 31.9. The molecule has 0 unspecified atom stereocenters. The molecular weight excluding hydrogens is 755 g/mol. The van der Waals surface area contributed by atoms with Crippen molar-refractivity contribution in [1.29, 1.82) is 10.5 Å². The van der Waals surface area contributed by atoms with Crippen LogP contribution in [-0.2, 0) is 18.5 Å². The van der Waals surface area contributed by atoms with E-state index < -0.39 is 5.41 Å². The Labute approximate surface area is 352 Å². The van der Waals surface area contributed by atoms with Crippen LogP contribution in [0, 0.1) is 22.7 Å². The predicted molar refractivity (Wildman–Crippen MR) is 238 cm³/mol. The van der Waals surface area contributed by atoms with E-state index in [2.05, 4.69) is 72.0 Å². The Morgan fingerprint density at radius 3 is 1.62 bits per heavy atom. The highest BCUT2D eigenvalue weighted by atomic mass is 15.0. The third-order valence-corrected chi connectivity index (χ3v) is 10.6. The summed E-state index contributed by atoms with van der Waals surface area (Å²) in [5.41, 5.74) is 8.98. The van der Waals surface area contributed by atoms with Gasteiger partial charge in [0.05, 0.1) is 57.8 Å². The Morgan fingerprint density at radius 1 is 0.541 bits per heavy atom. The second kappa shape index (κ2) is 17.2. The fourth-order valence-electron chi connectivity index (χ4n) is 7.29. The molecule has 9 aromatic rings. The van der Waals surface area contributed by atoms with E-state index in [9.17, 15) is 10.5 Å². The zero-order chi connectivity index (χ0) is 41.4. The van der Waals surface area contributed by atoms with Crippen LogP contribution in [0.3, 0.4) is 0 Å². The Kier molecular flexibility index (Phi) is 10.8. The second-order valence-electron chi connectivity index (χ2n) is 14.5. The van der Waals surface area contributed by atoms with Gasteiger partial charge < -0.3 is 10.6 Å². The Balaban J connectivity index is 0.000000163. The maximum absolute atomic E-state index is 9.65. The summed E-state index contributed by atoms with van der Waals surface area (Å²) in [5, 5.41) is 27.6. The molecule has 11 nitrogen and oxygen atoms in total. The molecule has 0 amide bonds. The number of rotatable bonds is 10. The standard InChI is InChI=1S/C29H22N6.C21H15N5/c30-19-29(12-13-29)22-15-21(16-31-17-22)27-34-25-11-6-10-24(20-7-2-1-3-8-20)26(25)28(35-27)33-18-23-9-4-5-14-32-23;22-13-19-25-18-11-6-10-17(15-7-2-1-3-8-15)20(18)21(26-19)24-14-16-9-4-5-12-23-16/h1-11,14-17H,12-13,18H2,(H,33,34,35);1-12H,14H2,(H,24,25,26). The predicted octanol–water partition coefficient (Wildman–Crippen LogP) is 10.1. The molecule has 61 heavy (non-hydrogen) atoms. The Bertz CT molecular complexity index is 3050. The molecule has 5 aromatic heterocycles. The minimum absolute atomic E-state index is 0.145. The summed E-state index contributed by atoms with van der Waals surface area (Å²) < 4.78 is 0. The highest BCUT2D eigenvalue weighted by Gasteiger charge is 2.45. The molecule has 0 saturated heterocycles. The molecule has 2 N–H and O–H groups in total. The number of aromatic nitrogens is 7. The van der Waals surface area contributed by atoms with Crippen molar-refractivity contribution >= 4 is 33.4 Å². The first-order chi connectivity index (χ1) is 30.1. The van der Waals surface area contributed by atoms with E-state index in [-0.39, 0.29) is 5.82 Å². The van der Waals surface area contributed by atoms with Crippen molar-refractivity contribution in [1.82, 2.24) is 34.9 Å². The fourth-order valence-corrected chi connectivity index (χ4v) is 7.29. The van der Waals surface area contributed by atoms with Crippen LogP contribution in [0.15, 0.2) is 164 Å². The van der Waals surface area contributed by atoms with Gasteiger partial charge in [0.1, 0.15) is 17.7 Å². The maximum atomic E-state index is 9.65. The third-order valence-electron chi connectivity index (χ3n) is 10.6. The number of benzene rings is 4. The van der Waals surface area contributed by atoms with E-state index in [1.54, 1.807) is 24.8 Å². The van der Waals surface area contributed by atoms with E-state index in [4.69, 9.17) is 9.97 Å².